The smallest absolute Gasteiger partial charge is 0.289 e. The van der Waals surface area contributed by atoms with Gasteiger partial charge in [0.05, 0.1) is 5.69 Å². The molecule has 0 radical (unpaired) electrons. The Bertz CT molecular complexity index is 651. The predicted octanol–water partition coefficient (Wildman–Crippen LogP) is 2.38. The number of oxazole rings is 1. The maximum atomic E-state index is 12.5. The minimum Gasteiger partial charge on any atom is -0.431 e. The summed E-state index contributed by atoms with van der Waals surface area (Å²) in [6, 6.07) is 9.74. The molecule has 116 valence electrons. The molecule has 1 aliphatic rings. The molecule has 1 aliphatic heterocycles. The molecule has 1 saturated heterocycles. The van der Waals surface area contributed by atoms with E-state index in [2.05, 4.69) is 22.5 Å². The molecule has 0 aliphatic carbocycles. The van der Waals surface area contributed by atoms with E-state index in [0.29, 0.717) is 23.3 Å². The number of hydrogen-bond acceptors (Lipinski definition) is 4. The van der Waals surface area contributed by atoms with Crippen LogP contribution in [0, 0.1) is 12.8 Å². The van der Waals surface area contributed by atoms with E-state index in [1.54, 1.807) is 6.92 Å². The van der Waals surface area contributed by atoms with E-state index in [1.165, 1.54) is 0 Å². The largest absolute Gasteiger partial charge is 0.431 e. The fourth-order valence-electron chi connectivity index (χ4n) is 2.73. The molecule has 2 N–H and O–H groups in total. The van der Waals surface area contributed by atoms with Crippen LogP contribution in [0.1, 0.15) is 29.6 Å². The molecule has 2 aromatic rings. The average Bonchev–Trinajstić information content (AvgIpc) is 2.92. The van der Waals surface area contributed by atoms with Crippen molar-refractivity contribution in [2.24, 2.45) is 5.92 Å². The zero-order chi connectivity index (χ0) is 15.5. The minimum absolute atomic E-state index is 0.130. The summed E-state index contributed by atoms with van der Waals surface area (Å²) in [5.74, 6) is 1.06. The molecule has 1 fully saturated rings. The van der Waals surface area contributed by atoms with E-state index in [9.17, 15) is 4.79 Å². The molecule has 2 heterocycles. The molecule has 3 rings (SSSR count). The molecule has 0 spiro atoms. The van der Waals surface area contributed by atoms with Gasteiger partial charge in [-0.25, -0.2) is 4.98 Å². The summed E-state index contributed by atoms with van der Waals surface area (Å²) in [4.78, 5) is 16.8. The highest BCUT2D eigenvalue weighted by Crippen LogP contribution is 2.22. The molecule has 2 atom stereocenters. The number of aryl methyl sites for hydroxylation is 1. The molecule has 5 nitrogen and oxygen atoms in total. The molecule has 1 amide bonds. The second-order valence-corrected chi connectivity index (χ2v) is 5.85. The van der Waals surface area contributed by atoms with E-state index in [4.69, 9.17) is 4.42 Å². The molecule has 1 aromatic heterocycles. The lowest BCUT2D eigenvalue weighted by Gasteiger charge is -2.29. The Morgan fingerprint density at radius 1 is 1.36 bits per heavy atom. The first-order valence-corrected chi connectivity index (χ1v) is 7.69. The first-order chi connectivity index (χ1) is 10.6. The minimum atomic E-state index is -0.187. The van der Waals surface area contributed by atoms with Crippen molar-refractivity contribution in [3.8, 4) is 11.5 Å². The van der Waals surface area contributed by atoms with E-state index in [0.717, 1.165) is 25.1 Å². The van der Waals surface area contributed by atoms with E-state index in [1.807, 2.05) is 30.3 Å². The van der Waals surface area contributed by atoms with Crippen LogP contribution in [0.4, 0.5) is 0 Å². The van der Waals surface area contributed by atoms with Crippen LogP contribution in [0.15, 0.2) is 34.7 Å². The molecular weight excluding hydrogens is 278 g/mol. The van der Waals surface area contributed by atoms with Crippen molar-refractivity contribution in [2.75, 3.05) is 13.1 Å². The standard InChI is InChI=1S/C17H21N3O2/c1-11-8-9-18-10-14(11)20-16(21)15-12(2)19-17(22-15)13-6-4-3-5-7-13/h3-7,11,14,18H,8-10H2,1-2H3,(H,20,21). The zero-order valence-corrected chi connectivity index (χ0v) is 12.9. The van der Waals surface area contributed by atoms with Crippen molar-refractivity contribution in [3.05, 3.63) is 41.8 Å². The number of rotatable bonds is 3. The summed E-state index contributed by atoms with van der Waals surface area (Å²) in [5.41, 5.74) is 1.49. The van der Waals surface area contributed by atoms with Gasteiger partial charge in [-0.2, -0.15) is 0 Å². The molecule has 1 aromatic carbocycles. The number of benzene rings is 1. The normalized spacial score (nSPS) is 21.5. The maximum absolute atomic E-state index is 12.5. The third-order valence-electron chi connectivity index (χ3n) is 4.17. The summed E-state index contributed by atoms with van der Waals surface area (Å²) in [6.07, 6.45) is 1.07. The molecule has 5 heteroatoms. The van der Waals surface area contributed by atoms with Crippen LogP contribution in [0.2, 0.25) is 0 Å². The quantitative estimate of drug-likeness (QED) is 0.913. The Labute approximate surface area is 130 Å². The lowest BCUT2D eigenvalue weighted by atomic mass is 9.95. The fraction of sp³-hybridized carbons (Fsp3) is 0.412. The summed E-state index contributed by atoms with van der Waals surface area (Å²) in [7, 11) is 0. The van der Waals surface area contributed by atoms with Crippen molar-refractivity contribution >= 4 is 5.91 Å². The Kier molecular flexibility index (Phi) is 4.24. The number of nitrogens with zero attached hydrogens (tertiary/aromatic N) is 1. The fourth-order valence-corrected chi connectivity index (χ4v) is 2.73. The van der Waals surface area contributed by atoms with Gasteiger partial charge in [0.2, 0.25) is 11.7 Å². The molecule has 2 unspecified atom stereocenters. The lowest BCUT2D eigenvalue weighted by Crippen LogP contribution is -2.50. The van der Waals surface area contributed by atoms with Crippen molar-refractivity contribution in [1.82, 2.24) is 15.6 Å². The van der Waals surface area contributed by atoms with Gasteiger partial charge in [0.15, 0.2) is 0 Å². The highest BCUT2D eigenvalue weighted by Gasteiger charge is 2.26. The highest BCUT2D eigenvalue weighted by atomic mass is 16.4. The number of hydrogen-bond donors (Lipinski definition) is 2. The lowest BCUT2D eigenvalue weighted by molar-refractivity contribution is 0.0887. The Morgan fingerprint density at radius 2 is 2.14 bits per heavy atom. The predicted molar refractivity (Wildman–Crippen MR) is 84.6 cm³/mol. The molecule has 0 saturated carbocycles. The third-order valence-corrected chi connectivity index (χ3v) is 4.17. The van der Waals surface area contributed by atoms with Gasteiger partial charge in [-0.3, -0.25) is 4.79 Å². The van der Waals surface area contributed by atoms with Gasteiger partial charge in [-0.15, -0.1) is 0 Å². The summed E-state index contributed by atoms with van der Waals surface area (Å²) in [5, 5.41) is 6.36. The number of carbonyl (C=O) groups is 1. The summed E-state index contributed by atoms with van der Waals surface area (Å²) in [6.45, 7) is 5.76. The van der Waals surface area contributed by atoms with Crippen LogP contribution >= 0.6 is 0 Å². The van der Waals surface area contributed by atoms with Crippen molar-refractivity contribution < 1.29 is 9.21 Å². The monoisotopic (exact) mass is 299 g/mol. The number of aromatic nitrogens is 1. The van der Waals surface area contributed by atoms with Crippen LogP contribution in [-0.2, 0) is 0 Å². The van der Waals surface area contributed by atoms with Crippen molar-refractivity contribution in [1.29, 1.82) is 0 Å². The number of piperidine rings is 1. The Hall–Kier alpha value is -2.14. The van der Waals surface area contributed by atoms with E-state index >= 15 is 0 Å². The van der Waals surface area contributed by atoms with Gasteiger partial charge >= 0.3 is 0 Å². The van der Waals surface area contributed by atoms with Gasteiger partial charge in [0.25, 0.3) is 5.91 Å². The maximum Gasteiger partial charge on any atom is 0.289 e. The van der Waals surface area contributed by atoms with Crippen LogP contribution in [0.25, 0.3) is 11.5 Å². The number of amides is 1. The second-order valence-electron chi connectivity index (χ2n) is 5.85. The van der Waals surface area contributed by atoms with Crippen LogP contribution in [-0.4, -0.2) is 30.0 Å². The van der Waals surface area contributed by atoms with Gasteiger partial charge in [-0.05, 0) is 37.9 Å². The van der Waals surface area contributed by atoms with Gasteiger partial charge in [0.1, 0.15) is 0 Å². The summed E-state index contributed by atoms with van der Waals surface area (Å²) >= 11 is 0. The van der Waals surface area contributed by atoms with Crippen molar-refractivity contribution in [2.45, 2.75) is 26.3 Å². The number of nitrogens with one attached hydrogen (secondary N) is 2. The van der Waals surface area contributed by atoms with Crippen LogP contribution in [0.5, 0.6) is 0 Å². The average molecular weight is 299 g/mol. The van der Waals surface area contributed by atoms with Gasteiger partial charge in [0, 0.05) is 18.2 Å². The first-order valence-electron chi connectivity index (χ1n) is 7.69. The van der Waals surface area contributed by atoms with E-state index < -0.39 is 0 Å². The number of carbonyl (C=O) groups excluding carboxylic acids is 1. The molecule has 0 bridgehead atoms. The third kappa shape index (κ3) is 3.04. The Morgan fingerprint density at radius 3 is 2.86 bits per heavy atom. The van der Waals surface area contributed by atoms with Crippen LogP contribution in [0.3, 0.4) is 0 Å². The van der Waals surface area contributed by atoms with Gasteiger partial charge < -0.3 is 15.1 Å². The highest BCUT2D eigenvalue weighted by molar-refractivity contribution is 5.93. The van der Waals surface area contributed by atoms with Crippen molar-refractivity contribution in [3.63, 3.8) is 0 Å². The molecular formula is C17H21N3O2. The van der Waals surface area contributed by atoms with Crippen LogP contribution < -0.4 is 10.6 Å². The topological polar surface area (TPSA) is 67.2 Å². The molecule has 22 heavy (non-hydrogen) atoms. The SMILES string of the molecule is Cc1nc(-c2ccccc2)oc1C(=O)NC1CNCCC1C. The summed E-state index contributed by atoms with van der Waals surface area (Å²) < 4.78 is 5.70. The second kappa shape index (κ2) is 6.32. The van der Waals surface area contributed by atoms with Gasteiger partial charge in [-0.1, -0.05) is 25.1 Å². The van der Waals surface area contributed by atoms with E-state index in [-0.39, 0.29) is 11.9 Å². The Balaban J connectivity index is 1.77. The first kappa shape index (κ1) is 14.8. The zero-order valence-electron chi connectivity index (χ0n) is 12.9.